The first-order valence-corrected chi connectivity index (χ1v) is 41.1. The Morgan fingerprint density at radius 1 is 0.310 bits per heavy atom. The lowest BCUT2D eigenvalue weighted by Crippen LogP contribution is -2.38. The lowest BCUT2D eigenvalue weighted by atomic mass is 10.0. The van der Waals surface area contributed by atoms with E-state index < -0.39 is 0 Å². The van der Waals surface area contributed by atoms with Crippen molar-refractivity contribution in [1.29, 1.82) is 0 Å². The summed E-state index contributed by atoms with van der Waals surface area (Å²) in [5.74, 6) is 0. The maximum Gasteiger partial charge on any atom is 0.335 e. The summed E-state index contributed by atoms with van der Waals surface area (Å²) in [7, 11) is 21.4. The minimum Gasteiger partial charge on any atom is -0.455 e. The Morgan fingerprint density at radius 3 is 1.14 bits per heavy atom. The van der Waals surface area contributed by atoms with Crippen molar-refractivity contribution in [2.75, 3.05) is 0 Å². The van der Waals surface area contributed by atoms with Crippen LogP contribution in [0.4, 0.5) is 0 Å². The first-order chi connectivity index (χ1) is 55.0. The Morgan fingerprint density at radius 2 is 0.690 bits per heavy atom. The van der Waals surface area contributed by atoms with Crippen molar-refractivity contribution in [2.24, 2.45) is 70.5 Å². The molecule has 0 saturated heterocycles. The molecule has 0 aliphatic rings. The van der Waals surface area contributed by atoms with Crippen molar-refractivity contribution in [3.05, 3.63) is 296 Å². The molecule has 0 aliphatic heterocycles. The highest BCUT2D eigenvalue weighted by Gasteiger charge is 2.34. The van der Waals surface area contributed by atoms with E-state index in [-0.39, 0.29) is 0 Å². The van der Waals surface area contributed by atoms with E-state index >= 15 is 0 Å². The topological polar surface area (TPSA) is 80.1 Å². The van der Waals surface area contributed by atoms with Crippen molar-refractivity contribution in [1.82, 2.24) is 14.1 Å². The predicted octanol–water partition coefficient (Wildman–Crippen LogP) is 19.5. The number of para-hydroxylation sites is 6. The molecule has 113 heavy (non-hydrogen) atoms. The Labute approximate surface area is 671 Å². The highest BCUT2D eigenvalue weighted by atomic mass is 32.1. The molecule has 21 aromatic rings. The van der Waals surface area contributed by atoms with E-state index in [0.29, 0.717) is 5.71 Å². The van der Waals surface area contributed by atoms with Crippen LogP contribution in [0.2, 0.25) is 0 Å². The standard InChI is InChI=1S/C27H23N3OS.C27H22N2OS.C23H21N3S.C19H19N3S/c1-16-12-14-18-19-15-13-17(2)28-26(19)31-25(18)24(16)21-9-7-10-22(29(21)3)27-30(4)20-8-5-6-11-23(20)32-27;1-17-15-16-19-18-9-4-6-13-23(18)30-26(19)25(17)21-11-8-12-22(28(21)2)27-29(3)20-10-5-7-14-24(20)31-27;1-24-17-10-5-4-9-16(17)15-21(24)18-12-8-13-20(25(18)2)23-26(3)19-11-6-7-14-22(19)27-23;1-20-13-7-11-14(20)15-9-6-10-17(21(15)2)19-22(3)16-8-4-5-12-18(16)23-19/h5-15H,1-4H3;4-16H,1-3H3;4-15H,1-3H3;4-13H,1-3H3/q4*+2. The van der Waals surface area contributed by atoms with Gasteiger partial charge in [0.2, 0.25) is 50.6 Å². The van der Waals surface area contributed by atoms with Crippen LogP contribution in [-0.2, 0) is 70.5 Å². The fraction of sp³-hybridized carbons (Fsp3) is 0.135. The number of aromatic nitrogens is 11. The summed E-state index contributed by atoms with van der Waals surface area (Å²) in [6.45, 7) is 6.30. The smallest absolute Gasteiger partial charge is 0.335 e. The zero-order valence-electron chi connectivity index (χ0n) is 65.4. The minimum absolute atomic E-state index is 0.696. The van der Waals surface area contributed by atoms with Crippen LogP contribution in [0, 0.1) is 20.8 Å². The zero-order chi connectivity index (χ0) is 77.6. The van der Waals surface area contributed by atoms with Crippen LogP contribution >= 0.6 is 45.3 Å². The van der Waals surface area contributed by atoms with Gasteiger partial charge >= 0.3 is 20.0 Å². The number of pyridine rings is 5. The van der Waals surface area contributed by atoms with Crippen molar-refractivity contribution >= 4 is 141 Å². The van der Waals surface area contributed by atoms with E-state index in [9.17, 15) is 0 Å². The lowest BCUT2D eigenvalue weighted by molar-refractivity contribution is -0.670. The van der Waals surface area contributed by atoms with Crippen molar-refractivity contribution < 1.29 is 45.4 Å². The van der Waals surface area contributed by atoms with E-state index in [1.807, 2.05) is 70.5 Å². The number of rotatable bonds is 8. The summed E-state index contributed by atoms with van der Waals surface area (Å²) in [6.07, 6.45) is 2.08. The maximum atomic E-state index is 6.38. The van der Waals surface area contributed by atoms with Crippen LogP contribution in [0.5, 0.6) is 0 Å². The molecule has 0 atom stereocenters. The zero-order valence-corrected chi connectivity index (χ0v) is 68.7. The quantitative estimate of drug-likeness (QED) is 0.142. The first kappa shape index (κ1) is 72.1. The monoisotopic (exact) mass is 1550 g/mol. The first-order valence-electron chi connectivity index (χ1n) is 37.8. The largest absolute Gasteiger partial charge is 0.455 e. The molecular weight excluding hydrogens is 1470 g/mol. The molecule has 0 spiro atoms. The minimum atomic E-state index is 0.696. The molecule has 0 aliphatic carbocycles. The molecule has 0 radical (unpaired) electrons. The highest BCUT2D eigenvalue weighted by molar-refractivity contribution is 7.22. The normalized spacial score (nSPS) is 11.6. The van der Waals surface area contributed by atoms with E-state index in [4.69, 9.17) is 8.83 Å². The van der Waals surface area contributed by atoms with Gasteiger partial charge in [-0.05, 0) is 123 Å². The summed E-state index contributed by atoms with van der Waals surface area (Å²) in [5.41, 5.74) is 27.4. The fourth-order valence-corrected chi connectivity index (χ4v) is 21.1. The van der Waals surface area contributed by atoms with Gasteiger partial charge in [0.1, 0.15) is 97.7 Å². The molecule has 0 saturated carbocycles. The molecule has 13 nitrogen and oxygen atoms in total. The van der Waals surface area contributed by atoms with Crippen molar-refractivity contribution in [3.63, 3.8) is 0 Å². The molecule has 0 fully saturated rings. The van der Waals surface area contributed by atoms with Gasteiger partial charge in [-0.25, -0.2) is 4.98 Å². The van der Waals surface area contributed by atoms with Crippen LogP contribution in [0.25, 0.3) is 184 Å². The van der Waals surface area contributed by atoms with Gasteiger partial charge in [-0.15, -0.1) is 0 Å². The summed E-state index contributed by atoms with van der Waals surface area (Å²) < 4.78 is 40.6. The second-order valence-corrected chi connectivity index (χ2v) is 33.2. The third-order valence-corrected chi connectivity index (χ3v) is 27.3. The number of thiazole rings is 4. The van der Waals surface area contributed by atoms with Gasteiger partial charge in [-0.1, -0.05) is 155 Å². The Balaban J connectivity index is 0.000000106. The maximum absolute atomic E-state index is 6.38. The molecule has 0 N–H and O–H groups in total. The molecular formula is C96H85N11O2S4+8. The molecule has 0 amide bonds. The summed E-state index contributed by atoms with van der Waals surface area (Å²) in [4.78, 5) is 4.63. The van der Waals surface area contributed by atoms with E-state index in [2.05, 4.69) is 396 Å². The van der Waals surface area contributed by atoms with Crippen molar-refractivity contribution in [2.45, 2.75) is 20.8 Å². The second kappa shape index (κ2) is 29.3. The Bertz CT molecular complexity index is 7240. The highest BCUT2D eigenvalue weighted by Crippen LogP contribution is 2.41. The number of benzene rings is 8. The van der Waals surface area contributed by atoms with Gasteiger partial charge in [0.15, 0.2) is 5.58 Å². The molecule has 13 aromatic heterocycles. The molecule has 0 bridgehead atoms. The average Bonchev–Trinajstić information content (AvgIpc) is 1.63. The van der Waals surface area contributed by atoms with Crippen LogP contribution in [0.1, 0.15) is 16.8 Å². The molecule has 552 valence electrons. The van der Waals surface area contributed by atoms with Gasteiger partial charge in [0.25, 0.3) is 22.8 Å². The molecule has 0 unspecified atom stereocenters. The Kier molecular flexibility index (Phi) is 18.7. The summed E-state index contributed by atoms with van der Waals surface area (Å²) in [6, 6.07) is 96.5. The lowest BCUT2D eigenvalue weighted by Gasteiger charge is -2.07. The molecule has 21 rings (SSSR count). The van der Waals surface area contributed by atoms with Crippen LogP contribution in [0.3, 0.4) is 0 Å². The van der Waals surface area contributed by atoms with Gasteiger partial charge in [-0.2, -0.15) is 36.5 Å². The number of nitrogens with zero attached hydrogens (tertiary/aromatic N) is 11. The molecule has 17 heteroatoms. The number of furan rings is 2. The van der Waals surface area contributed by atoms with Crippen molar-refractivity contribution in [3.8, 4) is 88.1 Å². The number of aryl methyl sites for hydroxylation is 9. The van der Waals surface area contributed by atoms with Crippen LogP contribution in [-0.4, -0.2) is 14.1 Å². The average molecular weight is 1550 g/mol. The SMILES string of the molecule is Cc1ccc2c(n1)oc1c(-c3cccc(-c4sc5ccccc5[n+]4C)[n+]3C)c(C)ccc12.Cc1ccc2c(oc3ccccc32)c1-c1cccc(-c2sc3ccccc3[n+]2C)[n+]1C.Cn1c(-c2cccc(-c3sc4ccccc4[n+]3C)[n+]2C)cc2ccccc21.Cn1cccc1-c1cccc(-c2sc3ccccc3[n+]2C)[n+]1C. The summed E-state index contributed by atoms with van der Waals surface area (Å²) in [5, 5.41) is 10.7. The third-order valence-electron chi connectivity index (χ3n) is 22.3. The predicted molar refractivity (Wildman–Crippen MR) is 462 cm³/mol. The van der Waals surface area contributed by atoms with E-state index in [1.54, 1.807) is 0 Å². The number of fused-ring (bicyclic) bond motifs is 11. The Hall–Kier alpha value is -12.5. The van der Waals surface area contributed by atoms with Crippen LogP contribution in [0.15, 0.2) is 288 Å². The number of hydrogen-bond donors (Lipinski definition) is 0. The summed E-state index contributed by atoms with van der Waals surface area (Å²) >= 11 is 7.32. The number of hydrogen-bond acceptors (Lipinski definition) is 7. The molecule has 8 aromatic carbocycles. The van der Waals surface area contributed by atoms with Gasteiger partial charge < -0.3 is 18.0 Å². The van der Waals surface area contributed by atoms with Crippen LogP contribution < -0.4 is 36.5 Å². The van der Waals surface area contributed by atoms with Gasteiger partial charge in [0.05, 0.1) is 11.1 Å². The fourth-order valence-electron chi connectivity index (χ4n) is 16.2. The van der Waals surface area contributed by atoms with E-state index in [0.717, 1.165) is 66.5 Å². The molecule has 13 heterocycles. The van der Waals surface area contributed by atoms with Gasteiger partial charge in [0, 0.05) is 131 Å². The van der Waals surface area contributed by atoms with E-state index in [1.165, 1.54) is 128 Å². The second-order valence-electron chi connectivity index (χ2n) is 29.1. The third kappa shape index (κ3) is 12.6. The van der Waals surface area contributed by atoms with Gasteiger partial charge in [-0.3, -0.25) is 0 Å².